The highest BCUT2D eigenvalue weighted by molar-refractivity contribution is 4.91. The van der Waals surface area contributed by atoms with Crippen LogP contribution in [0.3, 0.4) is 0 Å². The van der Waals surface area contributed by atoms with Crippen molar-refractivity contribution < 1.29 is 0 Å². The summed E-state index contributed by atoms with van der Waals surface area (Å²) in [5.41, 5.74) is 0.556. The molecule has 0 aliphatic heterocycles. The maximum Gasteiger partial charge on any atom is 0.00926 e. The van der Waals surface area contributed by atoms with Crippen molar-refractivity contribution in [3.05, 3.63) is 0 Å². The van der Waals surface area contributed by atoms with E-state index in [0.717, 1.165) is 12.0 Å². The Bertz CT molecular complexity index is 286. The van der Waals surface area contributed by atoms with Crippen LogP contribution in [0, 0.1) is 11.3 Å². The summed E-state index contributed by atoms with van der Waals surface area (Å²) in [5, 5.41) is 3.73. The molecule has 0 unspecified atom stereocenters. The van der Waals surface area contributed by atoms with E-state index in [2.05, 4.69) is 38.0 Å². The van der Waals surface area contributed by atoms with E-state index in [0.29, 0.717) is 11.5 Å². The molecule has 0 radical (unpaired) electrons. The summed E-state index contributed by atoms with van der Waals surface area (Å²) >= 11 is 0. The fourth-order valence-corrected chi connectivity index (χ4v) is 4.59. The van der Waals surface area contributed by atoms with E-state index >= 15 is 0 Å². The van der Waals surface area contributed by atoms with Gasteiger partial charge in [0, 0.05) is 25.2 Å². The molecule has 0 amide bonds. The molecule has 2 aliphatic carbocycles. The lowest BCUT2D eigenvalue weighted by molar-refractivity contribution is 0.100. The second kappa shape index (κ2) is 7.97. The van der Waals surface area contributed by atoms with Crippen LogP contribution < -0.4 is 5.32 Å². The normalized spacial score (nSPS) is 29.4. The van der Waals surface area contributed by atoms with Crippen LogP contribution in [-0.2, 0) is 0 Å². The lowest BCUT2D eigenvalue weighted by Crippen LogP contribution is -2.46. The van der Waals surface area contributed by atoms with E-state index in [4.69, 9.17) is 0 Å². The predicted molar refractivity (Wildman–Crippen MR) is 92.7 cm³/mol. The van der Waals surface area contributed by atoms with Crippen molar-refractivity contribution in [3.8, 4) is 0 Å². The molecule has 1 N–H and O–H groups in total. The van der Waals surface area contributed by atoms with Gasteiger partial charge in [0.05, 0.1) is 0 Å². The molecular formula is C19H38N2. The quantitative estimate of drug-likeness (QED) is 0.746. The first-order valence-corrected chi connectivity index (χ1v) is 9.48. The Morgan fingerprint density at radius 2 is 1.71 bits per heavy atom. The number of rotatable bonds is 7. The third-order valence-corrected chi connectivity index (χ3v) is 6.15. The molecule has 0 aromatic rings. The molecule has 2 aliphatic rings. The van der Waals surface area contributed by atoms with Crippen molar-refractivity contribution in [1.82, 2.24) is 10.2 Å². The highest BCUT2D eigenvalue weighted by Gasteiger charge is 2.36. The van der Waals surface area contributed by atoms with Crippen LogP contribution in [0.15, 0.2) is 0 Å². The zero-order valence-corrected chi connectivity index (χ0v) is 15.0. The van der Waals surface area contributed by atoms with Crippen LogP contribution in [0.2, 0.25) is 0 Å². The molecule has 2 rings (SSSR count). The molecule has 0 saturated heterocycles. The zero-order valence-electron chi connectivity index (χ0n) is 15.0. The fraction of sp³-hybridized carbons (Fsp3) is 1.00. The number of hydrogen-bond acceptors (Lipinski definition) is 2. The molecular weight excluding hydrogens is 256 g/mol. The summed E-state index contributed by atoms with van der Waals surface area (Å²) in [5.74, 6) is 1.01. The fourth-order valence-electron chi connectivity index (χ4n) is 4.59. The molecule has 2 saturated carbocycles. The first-order chi connectivity index (χ1) is 10.0. The van der Waals surface area contributed by atoms with Crippen LogP contribution >= 0.6 is 0 Å². The van der Waals surface area contributed by atoms with E-state index in [-0.39, 0.29) is 0 Å². The monoisotopic (exact) mass is 294 g/mol. The van der Waals surface area contributed by atoms with Crippen LogP contribution in [0.1, 0.15) is 78.6 Å². The molecule has 2 nitrogen and oxygen atoms in total. The Labute approximate surface area is 133 Å². The molecule has 0 spiro atoms. The van der Waals surface area contributed by atoms with Crippen molar-refractivity contribution in [2.75, 3.05) is 20.1 Å². The Morgan fingerprint density at radius 1 is 1.10 bits per heavy atom. The van der Waals surface area contributed by atoms with E-state index in [9.17, 15) is 0 Å². The summed E-state index contributed by atoms with van der Waals surface area (Å²) in [6, 6.07) is 1.47. The van der Waals surface area contributed by atoms with Gasteiger partial charge >= 0.3 is 0 Å². The first-order valence-electron chi connectivity index (χ1n) is 9.48. The van der Waals surface area contributed by atoms with Gasteiger partial charge in [-0.3, -0.25) is 0 Å². The van der Waals surface area contributed by atoms with Gasteiger partial charge in [-0.1, -0.05) is 40.0 Å². The average Bonchev–Trinajstić information content (AvgIpc) is 2.94. The van der Waals surface area contributed by atoms with E-state index in [1.165, 1.54) is 70.9 Å². The Morgan fingerprint density at radius 3 is 2.24 bits per heavy atom. The molecule has 0 heterocycles. The van der Waals surface area contributed by atoms with E-state index in [1.807, 2.05) is 0 Å². The number of nitrogens with zero attached hydrogens (tertiary/aromatic N) is 1. The van der Waals surface area contributed by atoms with Gasteiger partial charge in [0.2, 0.25) is 0 Å². The standard InChI is InChI=1S/C19H38N2/c1-5-17-8-10-18(11-9-17)21(4)15-19(12-6-7-13-19)14-20-16(2)3/h16-18,20H,5-15H2,1-4H3. The predicted octanol–water partition coefficient (Wildman–Crippen LogP) is 4.45. The molecule has 2 heteroatoms. The average molecular weight is 295 g/mol. The lowest BCUT2D eigenvalue weighted by atomic mass is 9.81. The van der Waals surface area contributed by atoms with Crippen LogP contribution in [0.5, 0.6) is 0 Å². The summed E-state index contributed by atoms with van der Waals surface area (Å²) in [7, 11) is 2.40. The number of nitrogens with one attached hydrogen (secondary N) is 1. The minimum atomic E-state index is 0.556. The van der Waals surface area contributed by atoms with Gasteiger partial charge in [0.15, 0.2) is 0 Å². The third kappa shape index (κ3) is 4.96. The SMILES string of the molecule is CCC1CCC(N(C)CC2(CNC(C)C)CCCC2)CC1. The van der Waals surface area contributed by atoms with Crippen LogP contribution in [0.4, 0.5) is 0 Å². The summed E-state index contributed by atoms with van der Waals surface area (Å²) in [6.45, 7) is 9.45. The zero-order chi connectivity index (χ0) is 15.3. The topological polar surface area (TPSA) is 15.3 Å². The van der Waals surface area contributed by atoms with Gasteiger partial charge in [0.25, 0.3) is 0 Å². The smallest absolute Gasteiger partial charge is 0.00926 e. The van der Waals surface area contributed by atoms with Crippen LogP contribution in [0.25, 0.3) is 0 Å². The minimum absolute atomic E-state index is 0.556. The Kier molecular flexibility index (Phi) is 6.55. The summed E-state index contributed by atoms with van der Waals surface area (Å²) in [6.07, 6.45) is 12.9. The van der Waals surface area contributed by atoms with Crippen molar-refractivity contribution >= 4 is 0 Å². The van der Waals surface area contributed by atoms with Gasteiger partial charge in [-0.25, -0.2) is 0 Å². The number of hydrogen-bond donors (Lipinski definition) is 1. The second-order valence-electron chi connectivity index (χ2n) is 8.24. The first kappa shape index (κ1) is 17.3. The lowest BCUT2D eigenvalue weighted by Gasteiger charge is -2.40. The van der Waals surface area contributed by atoms with E-state index in [1.54, 1.807) is 0 Å². The highest BCUT2D eigenvalue weighted by Crippen LogP contribution is 2.39. The maximum absolute atomic E-state index is 3.73. The summed E-state index contributed by atoms with van der Waals surface area (Å²) in [4.78, 5) is 2.72. The molecule has 0 bridgehead atoms. The van der Waals surface area contributed by atoms with Crippen molar-refractivity contribution in [1.29, 1.82) is 0 Å². The molecule has 2 fully saturated rings. The van der Waals surface area contributed by atoms with Crippen LogP contribution in [-0.4, -0.2) is 37.1 Å². The van der Waals surface area contributed by atoms with Gasteiger partial charge in [-0.05, 0) is 56.9 Å². The van der Waals surface area contributed by atoms with Crippen molar-refractivity contribution in [2.45, 2.75) is 90.6 Å². The van der Waals surface area contributed by atoms with Crippen molar-refractivity contribution in [2.24, 2.45) is 11.3 Å². The molecule has 21 heavy (non-hydrogen) atoms. The van der Waals surface area contributed by atoms with Gasteiger partial charge in [-0.2, -0.15) is 0 Å². The molecule has 0 atom stereocenters. The Balaban J connectivity index is 1.85. The third-order valence-electron chi connectivity index (χ3n) is 6.15. The molecule has 0 aromatic heterocycles. The Hall–Kier alpha value is -0.0800. The summed E-state index contributed by atoms with van der Waals surface area (Å²) < 4.78 is 0. The maximum atomic E-state index is 3.73. The second-order valence-corrected chi connectivity index (χ2v) is 8.24. The van der Waals surface area contributed by atoms with E-state index < -0.39 is 0 Å². The van der Waals surface area contributed by atoms with Gasteiger partial charge < -0.3 is 10.2 Å². The van der Waals surface area contributed by atoms with Crippen molar-refractivity contribution in [3.63, 3.8) is 0 Å². The highest BCUT2D eigenvalue weighted by atomic mass is 15.1. The van der Waals surface area contributed by atoms with Gasteiger partial charge in [0.1, 0.15) is 0 Å². The largest absolute Gasteiger partial charge is 0.314 e. The molecule has 124 valence electrons. The van der Waals surface area contributed by atoms with Gasteiger partial charge in [-0.15, -0.1) is 0 Å². The minimum Gasteiger partial charge on any atom is -0.314 e. The molecule has 0 aromatic carbocycles.